The molecule has 1 saturated heterocycles. The standard InChI is InChI=1S/C26H29ClFN3O3/c1-26(33,19-5-8-21(16-32)29-14-19)17-30-11-12-31(24-10-9-22(34-2)13-23(24)28)25(15-30)18-3-6-20(27)7-4-18/h3-10,13-14,25,32-33H,11-12,15-17H2,1-2H3/t25-,26+/m0/s1. The van der Waals surface area contributed by atoms with Crippen molar-refractivity contribution < 1.29 is 19.3 Å². The van der Waals surface area contributed by atoms with Gasteiger partial charge in [-0.05, 0) is 42.8 Å². The lowest BCUT2D eigenvalue weighted by Gasteiger charge is -2.45. The van der Waals surface area contributed by atoms with E-state index in [1.54, 1.807) is 37.4 Å². The number of piperazine rings is 1. The summed E-state index contributed by atoms with van der Waals surface area (Å²) in [7, 11) is 1.52. The van der Waals surface area contributed by atoms with E-state index in [0.29, 0.717) is 53.9 Å². The number of hydrogen-bond donors (Lipinski definition) is 2. The first kappa shape index (κ1) is 24.4. The predicted octanol–water partition coefficient (Wildman–Crippen LogP) is 4.15. The van der Waals surface area contributed by atoms with Crippen LogP contribution in [-0.2, 0) is 12.2 Å². The fraction of sp³-hybridized carbons (Fsp3) is 0.346. The Labute approximate surface area is 204 Å². The van der Waals surface area contributed by atoms with E-state index in [0.717, 1.165) is 5.56 Å². The lowest BCUT2D eigenvalue weighted by Crippen LogP contribution is -2.52. The predicted molar refractivity (Wildman–Crippen MR) is 131 cm³/mol. The van der Waals surface area contributed by atoms with Crippen LogP contribution in [0.2, 0.25) is 5.02 Å². The van der Waals surface area contributed by atoms with Crippen molar-refractivity contribution in [2.45, 2.75) is 25.2 Å². The second kappa shape index (κ2) is 10.3. The third-order valence-electron chi connectivity index (χ3n) is 6.32. The van der Waals surface area contributed by atoms with E-state index < -0.39 is 5.60 Å². The van der Waals surface area contributed by atoms with E-state index in [1.165, 1.54) is 13.2 Å². The van der Waals surface area contributed by atoms with Gasteiger partial charge >= 0.3 is 0 Å². The summed E-state index contributed by atoms with van der Waals surface area (Å²) >= 11 is 6.12. The molecule has 1 aromatic heterocycles. The van der Waals surface area contributed by atoms with Gasteiger partial charge in [-0.2, -0.15) is 0 Å². The number of pyridine rings is 1. The quantitative estimate of drug-likeness (QED) is 0.524. The molecule has 2 N–H and O–H groups in total. The van der Waals surface area contributed by atoms with Gasteiger partial charge in [0.2, 0.25) is 0 Å². The normalized spacial score (nSPS) is 18.5. The Morgan fingerprint density at radius 3 is 2.53 bits per heavy atom. The van der Waals surface area contributed by atoms with Gasteiger partial charge in [0, 0.05) is 49.0 Å². The van der Waals surface area contributed by atoms with Gasteiger partial charge in [0.15, 0.2) is 0 Å². The number of benzene rings is 2. The molecule has 0 spiro atoms. The van der Waals surface area contributed by atoms with Crippen LogP contribution in [0.3, 0.4) is 0 Å². The largest absolute Gasteiger partial charge is 0.497 e. The van der Waals surface area contributed by atoms with E-state index in [1.807, 2.05) is 24.3 Å². The molecule has 2 aromatic carbocycles. The van der Waals surface area contributed by atoms with Crippen LogP contribution in [0.4, 0.5) is 10.1 Å². The zero-order valence-corrected chi connectivity index (χ0v) is 20.0. The minimum absolute atomic E-state index is 0.139. The number of anilines is 1. The molecule has 1 aliphatic rings. The number of halogens is 2. The molecule has 0 bridgehead atoms. The van der Waals surface area contributed by atoms with Crippen LogP contribution < -0.4 is 9.64 Å². The summed E-state index contributed by atoms with van der Waals surface area (Å²) in [5.74, 6) is 0.133. The average molecular weight is 486 g/mol. The maximum atomic E-state index is 15.0. The van der Waals surface area contributed by atoms with Crippen molar-refractivity contribution in [3.8, 4) is 5.75 Å². The van der Waals surface area contributed by atoms with Crippen LogP contribution in [-0.4, -0.2) is 53.4 Å². The van der Waals surface area contributed by atoms with Gasteiger partial charge in [0.1, 0.15) is 17.2 Å². The summed E-state index contributed by atoms with van der Waals surface area (Å²) in [6.07, 6.45) is 1.60. The average Bonchev–Trinajstić information content (AvgIpc) is 2.84. The highest BCUT2D eigenvalue weighted by Crippen LogP contribution is 2.35. The van der Waals surface area contributed by atoms with Gasteiger partial charge in [-0.15, -0.1) is 0 Å². The number of β-amino-alcohol motifs (C(OH)–C–C–N with tert-alkyl or cyclic N) is 1. The van der Waals surface area contributed by atoms with Crippen LogP contribution in [0.1, 0.15) is 29.8 Å². The van der Waals surface area contributed by atoms with Crippen molar-refractivity contribution in [1.29, 1.82) is 0 Å². The van der Waals surface area contributed by atoms with Crippen molar-refractivity contribution in [3.05, 3.63) is 88.5 Å². The molecule has 180 valence electrons. The first-order chi connectivity index (χ1) is 16.3. The van der Waals surface area contributed by atoms with Gasteiger partial charge in [-0.25, -0.2) is 4.39 Å². The van der Waals surface area contributed by atoms with Crippen molar-refractivity contribution in [3.63, 3.8) is 0 Å². The van der Waals surface area contributed by atoms with Crippen LogP contribution in [0.25, 0.3) is 0 Å². The van der Waals surface area contributed by atoms with Gasteiger partial charge in [0.25, 0.3) is 0 Å². The first-order valence-corrected chi connectivity index (χ1v) is 11.5. The number of aromatic nitrogens is 1. The maximum Gasteiger partial charge on any atom is 0.150 e. The zero-order valence-electron chi connectivity index (χ0n) is 19.3. The Balaban J connectivity index is 1.59. The van der Waals surface area contributed by atoms with Crippen molar-refractivity contribution in [1.82, 2.24) is 9.88 Å². The summed E-state index contributed by atoms with van der Waals surface area (Å²) in [6.45, 7) is 3.81. The van der Waals surface area contributed by atoms with Gasteiger partial charge in [0.05, 0.1) is 31.1 Å². The highest BCUT2D eigenvalue weighted by atomic mass is 35.5. The highest BCUT2D eigenvalue weighted by molar-refractivity contribution is 6.30. The third-order valence-corrected chi connectivity index (χ3v) is 6.58. The number of aliphatic hydroxyl groups is 2. The molecule has 0 saturated carbocycles. The SMILES string of the molecule is COc1ccc(N2CCN(C[C@@](C)(O)c3ccc(CO)nc3)C[C@H]2c2ccc(Cl)cc2)c(F)c1. The summed E-state index contributed by atoms with van der Waals surface area (Å²) in [4.78, 5) is 8.44. The molecule has 8 heteroatoms. The summed E-state index contributed by atoms with van der Waals surface area (Å²) in [6, 6.07) is 15.9. The van der Waals surface area contributed by atoms with Gasteiger partial charge < -0.3 is 19.8 Å². The van der Waals surface area contributed by atoms with E-state index in [9.17, 15) is 10.2 Å². The van der Waals surface area contributed by atoms with Crippen LogP contribution in [0, 0.1) is 5.82 Å². The second-order valence-electron chi connectivity index (χ2n) is 8.78. The minimum atomic E-state index is -1.14. The molecule has 1 fully saturated rings. The molecular weight excluding hydrogens is 457 g/mol. The van der Waals surface area contributed by atoms with Gasteiger partial charge in [-0.3, -0.25) is 9.88 Å². The van der Waals surface area contributed by atoms with Crippen LogP contribution in [0.5, 0.6) is 5.75 Å². The number of ether oxygens (including phenoxy) is 1. The second-order valence-corrected chi connectivity index (χ2v) is 9.22. The topological polar surface area (TPSA) is 69.1 Å². The lowest BCUT2D eigenvalue weighted by molar-refractivity contribution is 0.00992. The Kier molecular flexibility index (Phi) is 7.38. The fourth-order valence-corrected chi connectivity index (χ4v) is 4.58. The number of rotatable bonds is 7. The molecule has 6 nitrogen and oxygen atoms in total. The van der Waals surface area contributed by atoms with Crippen LogP contribution >= 0.6 is 11.6 Å². The fourth-order valence-electron chi connectivity index (χ4n) is 4.45. The van der Waals surface area contributed by atoms with Crippen LogP contribution in [0.15, 0.2) is 60.8 Å². The molecule has 2 atom stereocenters. The summed E-state index contributed by atoms with van der Waals surface area (Å²) in [5.41, 5.74) is 1.61. The molecule has 3 aromatic rings. The van der Waals surface area contributed by atoms with E-state index >= 15 is 4.39 Å². The minimum Gasteiger partial charge on any atom is -0.497 e. The maximum absolute atomic E-state index is 15.0. The number of hydrogen-bond acceptors (Lipinski definition) is 6. The highest BCUT2D eigenvalue weighted by Gasteiger charge is 2.34. The Morgan fingerprint density at radius 1 is 1.15 bits per heavy atom. The molecule has 34 heavy (non-hydrogen) atoms. The monoisotopic (exact) mass is 485 g/mol. The summed E-state index contributed by atoms with van der Waals surface area (Å²) in [5, 5.41) is 21.1. The molecular formula is C26H29ClFN3O3. The molecule has 0 unspecified atom stereocenters. The molecule has 2 heterocycles. The van der Waals surface area contributed by atoms with E-state index in [-0.39, 0.29) is 18.5 Å². The van der Waals surface area contributed by atoms with Gasteiger partial charge in [-0.1, -0.05) is 29.8 Å². The van der Waals surface area contributed by atoms with Crippen molar-refractivity contribution >= 4 is 17.3 Å². The molecule has 0 radical (unpaired) electrons. The number of aliphatic hydroxyl groups excluding tert-OH is 1. The third kappa shape index (κ3) is 5.33. The lowest BCUT2D eigenvalue weighted by atomic mass is 9.94. The van der Waals surface area contributed by atoms with Crippen molar-refractivity contribution in [2.24, 2.45) is 0 Å². The van der Waals surface area contributed by atoms with E-state index in [4.69, 9.17) is 16.3 Å². The molecule has 1 aliphatic heterocycles. The Morgan fingerprint density at radius 2 is 1.91 bits per heavy atom. The Hall–Kier alpha value is -2.71. The van der Waals surface area contributed by atoms with E-state index in [2.05, 4.69) is 14.8 Å². The number of methoxy groups -OCH3 is 1. The summed E-state index contributed by atoms with van der Waals surface area (Å²) < 4.78 is 20.2. The Bertz CT molecular complexity index is 1110. The molecule has 0 amide bonds. The zero-order chi connectivity index (χ0) is 24.3. The number of nitrogens with zero attached hydrogens (tertiary/aromatic N) is 3. The molecule has 4 rings (SSSR count). The first-order valence-electron chi connectivity index (χ1n) is 11.2. The smallest absolute Gasteiger partial charge is 0.150 e. The van der Waals surface area contributed by atoms with Crippen molar-refractivity contribution in [2.75, 3.05) is 38.2 Å². The molecule has 0 aliphatic carbocycles.